The first-order valence-corrected chi connectivity index (χ1v) is 14.1. The largest absolute Gasteiger partial charge is 0.493 e. The molecule has 0 aliphatic rings. The minimum absolute atomic E-state index is 0.0371. The van der Waals surface area contributed by atoms with Crippen molar-refractivity contribution in [2.45, 2.75) is 37.7 Å². The number of carbonyl (C=O) groups excluding carboxylic acids is 1. The molecule has 0 aliphatic carbocycles. The number of benzene rings is 3. The molecule has 0 radical (unpaired) electrons. The van der Waals surface area contributed by atoms with Gasteiger partial charge in [-0.25, -0.2) is 12.8 Å². The molecule has 0 saturated carbocycles. The fourth-order valence-corrected chi connectivity index (χ4v) is 5.38. The van der Waals surface area contributed by atoms with Crippen LogP contribution in [0.5, 0.6) is 17.2 Å². The van der Waals surface area contributed by atoms with Crippen LogP contribution in [-0.4, -0.2) is 47.7 Å². The number of amides is 1. The van der Waals surface area contributed by atoms with E-state index in [4.69, 9.17) is 25.8 Å². The quantitative estimate of drug-likeness (QED) is 0.279. The third-order valence-corrected chi connectivity index (χ3v) is 7.74. The number of nitrogens with zero attached hydrogens (tertiary/aromatic N) is 1. The second kappa shape index (κ2) is 13.5. The van der Waals surface area contributed by atoms with Crippen LogP contribution in [-0.2, 0) is 21.2 Å². The lowest BCUT2D eigenvalue weighted by atomic mass is 10.1. The number of hydrogen-bond acceptors (Lipinski definition) is 6. The molecule has 0 spiro atoms. The van der Waals surface area contributed by atoms with Gasteiger partial charge in [-0.3, -0.25) is 9.10 Å². The summed E-state index contributed by atoms with van der Waals surface area (Å²) in [7, 11) is -1.47. The van der Waals surface area contributed by atoms with Gasteiger partial charge in [0, 0.05) is 12.6 Å². The van der Waals surface area contributed by atoms with Gasteiger partial charge in [-0.05, 0) is 74.7 Å². The van der Waals surface area contributed by atoms with Crippen LogP contribution in [0.2, 0.25) is 5.02 Å². The molecule has 0 aromatic heterocycles. The average molecular weight is 579 g/mol. The molecule has 11 heteroatoms. The van der Waals surface area contributed by atoms with Crippen molar-refractivity contribution in [2.24, 2.45) is 0 Å². The number of ether oxygens (including phenoxy) is 3. The summed E-state index contributed by atoms with van der Waals surface area (Å²) in [5.74, 6) is 0.0904. The highest BCUT2D eigenvalue weighted by molar-refractivity contribution is 7.92. The van der Waals surface area contributed by atoms with Crippen LogP contribution < -0.4 is 23.8 Å². The van der Waals surface area contributed by atoms with Gasteiger partial charge in [0.2, 0.25) is 5.91 Å². The predicted molar refractivity (Wildman–Crippen MR) is 149 cm³/mol. The van der Waals surface area contributed by atoms with Gasteiger partial charge < -0.3 is 19.5 Å². The summed E-state index contributed by atoms with van der Waals surface area (Å²) in [5.41, 5.74) is 1.12. The molecule has 0 unspecified atom stereocenters. The summed E-state index contributed by atoms with van der Waals surface area (Å²) in [6.07, 6.45) is 1.44. The number of sulfonamides is 1. The number of hydrogen-bond donors (Lipinski definition) is 1. The first-order valence-electron chi connectivity index (χ1n) is 12.3. The van der Waals surface area contributed by atoms with E-state index in [9.17, 15) is 17.6 Å². The minimum Gasteiger partial charge on any atom is -0.493 e. The van der Waals surface area contributed by atoms with E-state index >= 15 is 0 Å². The number of rotatable bonds is 13. The molecule has 210 valence electrons. The molecular formula is C28H32ClFN2O6S. The van der Waals surface area contributed by atoms with Gasteiger partial charge in [0.05, 0.1) is 35.9 Å². The summed E-state index contributed by atoms with van der Waals surface area (Å²) in [5, 5.41) is 2.49. The molecule has 3 rings (SSSR count). The van der Waals surface area contributed by atoms with Crippen LogP contribution in [0.15, 0.2) is 65.6 Å². The Morgan fingerprint density at radius 2 is 1.69 bits per heavy atom. The zero-order valence-electron chi connectivity index (χ0n) is 22.2. The van der Waals surface area contributed by atoms with Crippen molar-refractivity contribution < 1.29 is 31.8 Å². The van der Waals surface area contributed by atoms with Crippen molar-refractivity contribution in [3.8, 4) is 17.2 Å². The second-order valence-electron chi connectivity index (χ2n) is 8.89. The molecule has 1 N–H and O–H groups in total. The average Bonchev–Trinajstić information content (AvgIpc) is 2.91. The zero-order chi connectivity index (χ0) is 28.6. The number of methoxy groups -OCH3 is 2. The van der Waals surface area contributed by atoms with Gasteiger partial charge in [-0.2, -0.15) is 0 Å². The maximum absolute atomic E-state index is 13.8. The summed E-state index contributed by atoms with van der Waals surface area (Å²) in [6.45, 7) is 3.71. The van der Waals surface area contributed by atoms with Crippen molar-refractivity contribution in [2.75, 3.05) is 31.6 Å². The molecule has 0 saturated heterocycles. The summed E-state index contributed by atoms with van der Waals surface area (Å²) in [6, 6.07) is 15.3. The minimum atomic E-state index is -4.28. The zero-order valence-corrected chi connectivity index (χ0v) is 23.8. The van der Waals surface area contributed by atoms with Gasteiger partial charge in [0.15, 0.2) is 11.5 Å². The molecule has 0 fully saturated rings. The Balaban J connectivity index is 1.73. The Hall–Kier alpha value is -3.50. The van der Waals surface area contributed by atoms with Crippen LogP contribution in [0.3, 0.4) is 0 Å². The lowest BCUT2D eigenvalue weighted by Gasteiger charge is -2.25. The Morgan fingerprint density at radius 1 is 1.00 bits per heavy atom. The first-order chi connectivity index (χ1) is 18.5. The molecule has 0 atom stereocenters. The molecule has 1 amide bonds. The third-order valence-electron chi connectivity index (χ3n) is 5.68. The van der Waals surface area contributed by atoms with Crippen molar-refractivity contribution >= 4 is 33.2 Å². The normalized spacial score (nSPS) is 11.3. The molecule has 0 bridgehead atoms. The predicted octanol–water partition coefficient (Wildman–Crippen LogP) is 5.23. The maximum atomic E-state index is 13.8. The van der Waals surface area contributed by atoms with Crippen LogP contribution in [0.4, 0.5) is 10.1 Å². The highest BCUT2D eigenvalue weighted by Crippen LogP contribution is 2.33. The highest BCUT2D eigenvalue weighted by atomic mass is 35.5. The molecule has 8 nitrogen and oxygen atoms in total. The molecule has 39 heavy (non-hydrogen) atoms. The molecular weight excluding hydrogens is 547 g/mol. The van der Waals surface area contributed by atoms with Gasteiger partial charge >= 0.3 is 0 Å². The van der Waals surface area contributed by atoms with E-state index in [2.05, 4.69) is 5.32 Å². The number of carbonyl (C=O) groups is 1. The van der Waals surface area contributed by atoms with Crippen molar-refractivity contribution in [1.29, 1.82) is 0 Å². The van der Waals surface area contributed by atoms with Crippen molar-refractivity contribution in [3.63, 3.8) is 0 Å². The lowest BCUT2D eigenvalue weighted by Crippen LogP contribution is -2.41. The lowest BCUT2D eigenvalue weighted by molar-refractivity contribution is -0.119. The number of anilines is 1. The maximum Gasteiger partial charge on any atom is 0.264 e. The van der Waals surface area contributed by atoms with E-state index in [1.54, 1.807) is 0 Å². The van der Waals surface area contributed by atoms with Crippen LogP contribution >= 0.6 is 11.6 Å². The Bertz CT molecular complexity index is 1380. The molecule has 0 aliphatic heterocycles. The smallest absolute Gasteiger partial charge is 0.264 e. The SMILES string of the molecule is COc1ccc(S(=O)(=O)N(CC(=O)NCCCc2ccc(OC(C)C)cc2)c2ccc(F)c(Cl)c2)cc1OC. The fourth-order valence-electron chi connectivity index (χ4n) is 3.77. The topological polar surface area (TPSA) is 94.2 Å². The van der Waals surface area contributed by atoms with E-state index in [1.807, 2.05) is 38.1 Å². The Kier molecular flexibility index (Phi) is 10.4. The number of nitrogens with one attached hydrogen (secondary N) is 1. The van der Waals surface area contributed by atoms with E-state index in [0.717, 1.165) is 27.8 Å². The van der Waals surface area contributed by atoms with E-state index < -0.39 is 28.3 Å². The molecule has 3 aromatic rings. The molecule has 3 aromatic carbocycles. The summed E-state index contributed by atoms with van der Waals surface area (Å²) < 4.78 is 58.1. The van der Waals surface area contributed by atoms with Gasteiger partial charge in [0.1, 0.15) is 18.1 Å². The van der Waals surface area contributed by atoms with Gasteiger partial charge in [-0.15, -0.1) is 0 Å². The van der Waals surface area contributed by atoms with E-state index in [-0.39, 0.29) is 27.5 Å². The van der Waals surface area contributed by atoms with Gasteiger partial charge in [0.25, 0.3) is 10.0 Å². The monoisotopic (exact) mass is 578 g/mol. The summed E-state index contributed by atoms with van der Waals surface area (Å²) in [4.78, 5) is 12.7. The van der Waals surface area contributed by atoms with E-state index in [0.29, 0.717) is 25.1 Å². The van der Waals surface area contributed by atoms with Crippen LogP contribution in [0.25, 0.3) is 0 Å². The molecule has 0 heterocycles. The van der Waals surface area contributed by atoms with Crippen molar-refractivity contribution in [1.82, 2.24) is 5.32 Å². The van der Waals surface area contributed by atoms with Crippen molar-refractivity contribution in [3.05, 3.63) is 77.1 Å². The highest BCUT2D eigenvalue weighted by Gasteiger charge is 2.29. The third kappa shape index (κ3) is 8.00. The van der Waals surface area contributed by atoms with Crippen LogP contribution in [0, 0.1) is 5.82 Å². The summed E-state index contributed by atoms with van der Waals surface area (Å²) >= 11 is 5.93. The first kappa shape index (κ1) is 30.0. The standard InChI is InChI=1S/C28H32ClFN2O6S/c1-19(2)38-22-10-7-20(8-11-22)6-5-15-31-28(33)18-32(21-9-13-25(30)24(29)16-21)39(34,35)23-12-14-26(36-3)27(17-23)37-4/h7-14,16-17,19H,5-6,15,18H2,1-4H3,(H,31,33). The van der Waals surface area contributed by atoms with Gasteiger partial charge in [-0.1, -0.05) is 23.7 Å². The number of aryl methyl sites for hydroxylation is 1. The Morgan fingerprint density at radius 3 is 2.31 bits per heavy atom. The number of halogens is 2. The van der Waals surface area contributed by atoms with E-state index in [1.165, 1.54) is 38.5 Å². The second-order valence-corrected chi connectivity index (χ2v) is 11.2. The van der Waals surface area contributed by atoms with Crippen LogP contribution in [0.1, 0.15) is 25.8 Å². The Labute approximate surface area is 233 Å². The fraction of sp³-hybridized carbons (Fsp3) is 0.321.